The Morgan fingerprint density at radius 3 is 2.63 bits per heavy atom. The predicted molar refractivity (Wildman–Crippen MR) is 74.5 cm³/mol. The lowest BCUT2D eigenvalue weighted by Crippen LogP contribution is -2.30. The van der Waals surface area contributed by atoms with Gasteiger partial charge in [-0.05, 0) is 42.4 Å². The SMILES string of the molecule is CCC1(CNS(=O)(=O)c2cc(CO)ccc2Cl)CC1. The summed E-state index contributed by atoms with van der Waals surface area (Å²) in [6, 6.07) is 4.51. The second-order valence-corrected chi connectivity index (χ2v) is 7.24. The van der Waals surface area contributed by atoms with Crippen LogP contribution in [0.15, 0.2) is 23.1 Å². The highest BCUT2D eigenvalue weighted by molar-refractivity contribution is 7.89. The molecule has 1 aliphatic rings. The maximum Gasteiger partial charge on any atom is 0.242 e. The summed E-state index contributed by atoms with van der Waals surface area (Å²) in [5.74, 6) is 0. The lowest BCUT2D eigenvalue weighted by atomic mass is 10.1. The molecule has 0 atom stereocenters. The van der Waals surface area contributed by atoms with Gasteiger partial charge in [0.15, 0.2) is 0 Å². The zero-order chi connectivity index (χ0) is 14.1. The third-order valence-corrected chi connectivity index (χ3v) is 5.69. The van der Waals surface area contributed by atoms with Gasteiger partial charge in [-0.2, -0.15) is 0 Å². The summed E-state index contributed by atoms with van der Waals surface area (Å²) in [5.41, 5.74) is 0.662. The van der Waals surface area contributed by atoms with Crippen LogP contribution < -0.4 is 4.72 Å². The molecule has 1 fully saturated rings. The molecule has 2 rings (SSSR count). The molecule has 4 nitrogen and oxygen atoms in total. The quantitative estimate of drug-likeness (QED) is 0.847. The molecule has 1 aliphatic carbocycles. The van der Waals surface area contributed by atoms with E-state index in [1.54, 1.807) is 6.07 Å². The number of sulfonamides is 1. The van der Waals surface area contributed by atoms with E-state index in [1.165, 1.54) is 12.1 Å². The Morgan fingerprint density at radius 2 is 2.11 bits per heavy atom. The van der Waals surface area contributed by atoms with E-state index in [9.17, 15) is 8.42 Å². The first kappa shape index (κ1) is 14.8. The van der Waals surface area contributed by atoms with Gasteiger partial charge in [0.25, 0.3) is 0 Å². The molecular weight excluding hydrogens is 286 g/mol. The number of nitrogens with one attached hydrogen (secondary N) is 1. The smallest absolute Gasteiger partial charge is 0.242 e. The number of halogens is 1. The van der Waals surface area contributed by atoms with Crippen LogP contribution in [0.5, 0.6) is 0 Å². The molecule has 0 unspecified atom stereocenters. The molecule has 0 saturated heterocycles. The van der Waals surface area contributed by atoms with Gasteiger partial charge in [0.05, 0.1) is 11.6 Å². The number of rotatable bonds is 6. The fourth-order valence-electron chi connectivity index (χ4n) is 2.01. The Balaban J connectivity index is 2.19. The maximum absolute atomic E-state index is 12.2. The van der Waals surface area contributed by atoms with Crippen LogP contribution in [0.2, 0.25) is 5.02 Å². The second kappa shape index (κ2) is 5.40. The summed E-state index contributed by atoms with van der Waals surface area (Å²) in [6.45, 7) is 2.31. The zero-order valence-corrected chi connectivity index (χ0v) is 12.4. The number of aliphatic hydroxyl groups is 1. The number of hydrogen-bond donors (Lipinski definition) is 2. The summed E-state index contributed by atoms with van der Waals surface area (Å²) < 4.78 is 27.1. The van der Waals surface area contributed by atoms with Crippen LogP contribution in [0.3, 0.4) is 0 Å². The molecule has 106 valence electrons. The van der Waals surface area contributed by atoms with E-state index >= 15 is 0 Å². The minimum absolute atomic E-state index is 0.0348. The van der Waals surface area contributed by atoms with Crippen molar-refractivity contribution in [1.82, 2.24) is 4.72 Å². The zero-order valence-electron chi connectivity index (χ0n) is 10.8. The van der Waals surface area contributed by atoms with Crippen molar-refractivity contribution < 1.29 is 13.5 Å². The third kappa shape index (κ3) is 3.28. The van der Waals surface area contributed by atoms with E-state index in [0.29, 0.717) is 12.1 Å². The molecule has 2 N–H and O–H groups in total. The molecule has 6 heteroatoms. The van der Waals surface area contributed by atoms with Gasteiger partial charge in [-0.1, -0.05) is 24.6 Å². The maximum atomic E-state index is 12.2. The van der Waals surface area contributed by atoms with Crippen LogP contribution >= 0.6 is 11.6 Å². The molecule has 19 heavy (non-hydrogen) atoms. The molecule has 1 saturated carbocycles. The molecule has 0 radical (unpaired) electrons. The topological polar surface area (TPSA) is 66.4 Å². The Kier molecular flexibility index (Phi) is 4.20. The van der Waals surface area contributed by atoms with Crippen LogP contribution in [0.1, 0.15) is 31.7 Å². The number of aliphatic hydroxyl groups excluding tert-OH is 1. The third-order valence-electron chi connectivity index (χ3n) is 3.81. The Bertz CT molecular complexity index is 567. The average molecular weight is 304 g/mol. The average Bonchev–Trinajstić information content (AvgIpc) is 3.18. The first-order valence-corrected chi connectivity index (χ1v) is 8.17. The monoisotopic (exact) mass is 303 g/mol. The first-order valence-electron chi connectivity index (χ1n) is 6.31. The van der Waals surface area contributed by atoms with E-state index in [-0.39, 0.29) is 21.9 Å². The van der Waals surface area contributed by atoms with Gasteiger partial charge in [0, 0.05) is 6.54 Å². The lowest BCUT2D eigenvalue weighted by molar-refractivity contribution is 0.281. The lowest BCUT2D eigenvalue weighted by Gasteiger charge is -2.14. The summed E-state index contributed by atoms with van der Waals surface area (Å²) in [6.07, 6.45) is 3.10. The van der Waals surface area contributed by atoms with Crippen molar-refractivity contribution in [3.8, 4) is 0 Å². The van der Waals surface area contributed by atoms with Crippen LogP contribution in [0.25, 0.3) is 0 Å². The predicted octanol–water partition coefficient (Wildman–Crippen LogP) is 2.30. The fraction of sp³-hybridized carbons (Fsp3) is 0.538. The van der Waals surface area contributed by atoms with Crippen molar-refractivity contribution in [3.05, 3.63) is 28.8 Å². The minimum Gasteiger partial charge on any atom is -0.392 e. The van der Waals surface area contributed by atoms with Crippen molar-refractivity contribution in [3.63, 3.8) is 0 Å². The molecule has 0 spiro atoms. The summed E-state index contributed by atoms with van der Waals surface area (Å²) in [7, 11) is -3.62. The summed E-state index contributed by atoms with van der Waals surface area (Å²) in [4.78, 5) is 0.0348. The van der Waals surface area contributed by atoms with Gasteiger partial charge in [0.1, 0.15) is 4.90 Å². The van der Waals surface area contributed by atoms with Crippen LogP contribution in [0.4, 0.5) is 0 Å². The van der Waals surface area contributed by atoms with Gasteiger partial charge >= 0.3 is 0 Å². The Labute approximate surface area is 118 Å². The van der Waals surface area contributed by atoms with Gasteiger partial charge in [-0.25, -0.2) is 13.1 Å². The minimum atomic E-state index is -3.62. The van der Waals surface area contributed by atoms with Gasteiger partial charge < -0.3 is 5.11 Å². The second-order valence-electron chi connectivity index (χ2n) is 5.10. The highest BCUT2D eigenvalue weighted by Crippen LogP contribution is 2.48. The van der Waals surface area contributed by atoms with Crippen molar-refractivity contribution in [2.75, 3.05) is 6.54 Å². The van der Waals surface area contributed by atoms with E-state index in [2.05, 4.69) is 11.6 Å². The molecule has 0 amide bonds. The standard InChI is InChI=1S/C13H18ClNO3S/c1-2-13(5-6-13)9-15-19(17,18)12-7-10(8-16)3-4-11(12)14/h3-4,7,15-16H,2,5-6,8-9H2,1H3. The summed E-state index contributed by atoms with van der Waals surface area (Å²) in [5, 5.41) is 9.24. The molecule has 1 aromatic carbocycles. The first-order chi connectivity index (χ1) is 8.92. The Morgan fingerprint density at radius 1 is 1.42 bits per heavy atom. The van der Waals surface area contributed by atoms with Crippen molar-refractivity contribution in [1.29, 1.82) is 0 Å². The molecule has 0 heterocycles. The molecule has 0 aliphatic heterocycles. The van der Waals surface area contributed by atoms with E-state index in [4.69, 9.17) is 16.7 Å². The number of benzene rings is 1. The van der Waals surface area contributed by atoms with Crippen molar-refractivity contribution in [2.24, 2.45) is 5.41 Å². The number of hydrogen-bond acceptors (Lipinski definition) is 3. The normalized spacial score (nSPS) is 17.4. The molecular formula is C13H18ClNO3S. The van der Waals surface area contributed by atoms with Gasteiger partial charge in [0.2, 0.25) is 10.0 Å². The largest absolute Gasteiger partial charge is 0.392 e. The molecule has 0 bridgehead atoms. The highest BCUT2D eigenvalue weighted by atomic mass is 35.5. The van der Waals surface area contributed by atoms with Crippen LogP contribution in [-0.2, 0) is 16.6 Å². The fourth-order valence-corrected chi connectivity index (χ4v) is 3.72. The van der Waals surface area contributed by atoms with Crippen LogP contribution in [-0.4, -0.2) is 20.1 Å². The Hall–Kier alpha value is -0.620. The highest BCUT2D eigenvalue weighted by Gasteiger charge is 2.41. The molecule has 0 aromatic heterocycles. The van der Waals surface area contributed by atoms with Crippen molar-refractivity contribution >= 4 is 21.6 Å². The van der Waals surface area contributed by atoms with Crippen LogP contribution in [0, 0.1) is 5.41 Å². The van der Waals surface area contributed by atoms with E-state index in [0.717, 1.165) is 19.3 Å². The summed E-state index contributed by atoms with van der Waals surface area (Å²) >= 11 is 5.94. The van der Waals surface area contributed by atoms with Gasteiger partial charge in [-0.3, -0.25) is 0 Å². The van der Waals surface area contributed by atoms with Crippen molar-refractivity contribution in [2.45, 2.75) is 37.7 Å². The van der Waals surface area contributed by atoms with E-state index < -0.39 is 10.0 Å². The van der Waals surface area contributed by atoms with Gasteiger partial charge in [-0.15, -0.1) is 0 Å². The molecule has 1 aromatic rings. The van der Waals surface area contributed by atoms with E-state index in [1.807, 2.05) is 0 Å².